The molecule has 0 bridgehead atoms. The van der Waals surface area contributed by atoms with E-state index in [9.17, 15) is 14.7 Å². The Balaban J connectivity index is 1.88. The van der Waals surface area contributed by atoms with Crippen LogP contribution < -0.4 is 4.74 Å². The number of para-hydroxylation sites is 1. The molecular weight excluding hydrogens is 322 g/mol. The number of carbonyl (C=O) groups excluding carboxylic acids is 1. The normalized spacial score (nSPS) is 17.3. The van der Waals surface area contributed by atoms with Crippen LogP contribution in [0, 0.1) is 5.92 Å². The molecule has 1 saturated heterocycles. The topological polar surface area (TPSA) is 84.7 Å². The molecule has 0 unspecified atom stereocenters. The van der Waals surface area contributed by atoms with Crippen molar-refractivity contribution in [2.24, 2.45) is 5.92 Å². The Hall–Kier alpha value is -2.83. The number of amides is 1. The Morgan fingerprint density at radius 3 is 2.76 bits per heavy atom. The number of hydrogen-bond acceptors (Lipinski definition) is 4. The van der Waals surface area contributed by atoms with Crippen LogP contribution >= 0.6 is 0 Å². The minimum absolute atomic E-state index is 0.206. The Bertz CT molecular complexity index is 757. The van der Waals surface area contributed by atoms with Gasteiger partial charge < -0.3 is 14.7 Å². The van der Waals surface area contributed by atoms with Crippen molar-refractivity contribution in [3.05, 3.63) is 42.2 Å². The number of benzene rings is 1. The van der Waals surface area contributed by atoms with Crippen LogP contribution in [0.15, 0.2) is 36.5 Å². The molecule has 25 heavy (non-hydrogen) atoms. The molecule has 3 rings (SSSR count). The number of carbonyl (C=O) groups is 2. The van der Waals surface area contributed by atoms with Crippen molar-refractivity contribution in [2.45, 2.75) is 19.8 Å². The number of hydrogen-bond donors (Lipinski definition) is 1. The molecule has 132 valence electrons. The van der Waals surface area contributed by atoms with Gasteiger partial charge in [-0.05, 0) is 31.9 Å². The maximum Gasteiger partial charge on any atom is 0.308 e. The number of piperidine rings is 1. The molecule has 0 spiro atoms. The lowest BCUT2D eigenvalue weighted by molar-refractivity contribution is -0.143. The summed E-state index contributed by atoms with van der Waals surface area (Å²) in [6.45, 7) is 3.00. The Kier molecular flexibility index (Phi) is 5.02. The summed E-state index contributed by atoms with van der Waals surface area (Å²) in [6, 6.07) is 9.46. The molecule has 1 N–H and O–H groups in total. The standard InChI is InChI=1S/C18H21N3O4/c1-2-25-15-12-21(14-8-4-3-5-9-14)19-16(15)17(22)20-10-6-7-13(11-20)18(23)24/h3-5,8-9,12-13H,2,6-7,10-11H2,1H3,(H,23,24)/t13-/m1/s1. The summed E-state index contributed by atoms with van der Waals surface area (Å²) in [6.07, 6.45) is 2.95. The second-order valence-electron chi connectivity index (χ2n) is 5.98. The van der Waals surface area contributed by atoms with Crippen LogP contribution in [0.4, 0.5) is 0 Å². The summed E-state index contributed by atoms with van der Waals surface area (Å²) in [5, 5.41) is 13.6. The van der Waals surface area contributed by atoms with E-state index in [-0.39, 0.29) is 18.1 Å². The van der Waals surface area contributed by atoms with Crippen LogP contribution in [0.25, 0.3) is 5.69 Å². The molecule has 7 nitrogen and oxygen atoms in total. The van der Waals surface area contributed by atoms with Crippen molar-refractivity contribution in [2.75, 3.05) is 19.7 Å². The first-order chi connectivity index (χ1) is 12.1. The maximum atomic E-state index is 12.9. The van der Waals surface area contributed by atoms with E-state index in [0.29, 0.717) is 31.7 Å². The summed E-state index contributed by atoms with van der Waals surface area (Å²) in [4.78, 5) is 25.7. The number of aromatic nitrogens is 2. The van der Waals surface area contributed by atoms with Gasteiger partial charge in [-0.25, -0.2) is 4.68 Å². The number of likely N-dealkylation sites (tertiary alicyclic amines) is 1. The van der Waals surface area contributed by atoms with Gasteiger partial charge in [-0.15, -0.1) is 0 Å². The zero-order chi connectivity index (χ0) is 17.8. The maximum absolute atomic E-state index is 12.9. The first-order valence-corrected chi connectivity index (χ1v) is 8.40. The molecule has 1 aliphatic heterocycles. The van der Waals surface area contributed by atoms with Gasteiger partial charge in [0.15, 0.2) is 11.4 Å². The fraction of sp³-hybridized carbons (Fsp3) is 0.389. The summed E-state index contributed by atoms with van der Waals surface area (Å²) in [7, 11) is 0. The molecule has 0 aliphatic carbocycles. The van der Waals surface area contributed by atoms with E-state index in [4.69, 9.17) is 4.74 Å². The van der Waals surface area contributed by atoms with Crippen molar-refractivity contribution in [3.63, 3.8) is 0 Å². The highest BCUT2D eigenvalue weighted by Crippen LogP contribution is 2.24. The van der Waals surface area contributed by atoms with Gasteiger partial charge in [-0.3, -0.25) is 9.59 Å². The van der Waals surface area contributed by atoms with E-state index in [1.807, 2.05) is 37.3 Å². The van der Waals surface area contributed by atoms with Crippen LogP contribution in [0.2, 0.25) is 0 Å². The second kappa shape index (κ2) is 7.38. The summed E-state index contributed by atoms with van der Waals surface area (Å²) in [5.74, 6) is -1.26. The molecule has 0 radical (unpaired) electrons. The van der Waals surface area contributed by atoms with E-state index in [0.717, 1.165) is 5.69 Å². The smallest absolute Gasteiger partial charge is 0.308 e. The predicted octanol–water partition coefficient (Wildman–Crippen LogP) is 2.21. The number of nitrogens with zero attached hydrogens (tertiary/aromatic N) is 3. The minimum Gasteiger partial charge on any atom is -0.490 e. The van der Waals surface area contributed by atoms with E-state index in [2.05, 4.69) is 5.10 Å². The Morgan fingerprint density at radius 1 is 1.32 bits per heavy atom. The van der Waals surface area contributed by atoms with Gasteiger partial charge in [0.25, 0.3) is 5.91 Å². The van der Waals surface area contributed by atoms with E-state index >= 15 is 0 Å². The van der Waals surface area contributed by atoms with Gasteiger partial charge in [-0.2, -0.15) is 5.10 Å². The summed E-state index contributed by atoms with van der Waals surface area (Å²) in [5.41, 5.74) is 1.04. The highest BCUT2D eigenvalue weighted by Gasteiger charge is 2.31. The van der Waals surface area contributed by atoms with Gasteiger partial charge in [-0.1, -0.05) is 18.2 Å². The summed E-state index contributed by atoms with van der Waals surface area (Å²) >= 11 is 0. The summed E-state index contributed by atoms with van der Waals surface area (Å²) < 4.78 is 7.19. The third-order valence-corrected chi connectivity index (χ3v) is 4.26. The largest absolute Gasteiger partial charge is 0.490 e. The molecule has 1 aliphatic rings. The van der Waals surface area contributed by atoms with Crippen molar-refractivity contribution in [1.82, 2.24) is 14.7 Å². The molecule has 1 aromatic carbocycles. The number of carboxylic acid groups (broad SMARTS) is 1. The zero-order valence-corrected chi connectivity index (χ0v) is 14.1. The number of rotatable bonds is 5. The van der Waals surface area contributed by atoms with Crippen LogP contribution in [-0.2, 0) is 4.79 Å². The number of carboxylic acids is 1. The van der Waals surface area contributed by atoms with Crippen molar-refractivity contribution in [1.29, 1.82) is 0 Å². The van der Waals surface area contributed by atoms with Gasteiger partial charge >= 0.3 is 5.97 Å². The molecule has 1 atom stereocenters. The molecule has 0 saturated carbocycles. The molecular formula is C18H21N3O4. The number of ether oxygens (including phenoxy) is 1. The molecule has 1 aromatic heterocycles. The van der Waals surface area contributed by atoms with E-state index in [1.165, 1.54) is 0 Å². The first kappa shape index (κ1) is 17.0. The van der Waals surface area contributed by atoms with Crippen molar-refractivity contribution >= 4 is 11.9 Å². The highest BCUT2D eigenvalue weighted by molar-refractivity contribution is 5.95. The van der Waals surface area contributed by atoms with Gasteiger partial charge in [0.1, 0.15) is 0 Å². The van der Waals surface area contributed by atoms with Crippen LogP contribution in [0.1, 0.15) is 30.3 Å². The SMILES string of the molecule is CCOc1cn(-c2ccccc2)nc1C(=O)N1CCC[C@@H](C(=O)O)C1. The van der Waals surface area contributed by atoms with Crippen LogP contribution in [0.5, 0.6) is 5.75 Å². The minimum atomic E-state index is -0.864. The Morgan fingerprint density at radius 2 is 2.08 bits per heavy atom. The van der Waals surface area contributed by atoms with Crippen molar-refractivity contribution in [3.8, 4) is 11.4 Å². The predicted molar refractivity (Wildman–Crippen MR) is 91.0 cm³/mol. The molecule has 1 fully saturated rings. The average Bonchev–Trinajstić information content (AvgIpc) is 3.06. The van der Waals surface area contributed by atoms with Crippen molar-refractivity contribution < 1.29 is 19.4 Å². The zero-order valence-electron chi connectivity index (χ0n) is 14.1. The lowest BCUT2D eigenvalue weighted by Gasteiger charge is -2.30. The number of aliphatic carboxylic acids is 1. The lowest BCUT2D eigenvalue weighted by atomic mass is 9.98. The molecule has 2 heterocycles. The second-order valence-corrected chi connectivity index (χ2v) is 5.98. The van der Waals surface area contributed by atoms with Gasteiger partial charge in [0.2, 0.25) is 0 Å². The molecule has 2 aromatic rings. The van der Waals surface area contributed by atoms with Crippen LogP contribution in [0.3, 0.4) is 0 Å². The monoisotopic (exact) mass is 343 g/mol. The van der Waals surface area contributed by atoms with E-state index < -0.39 is 11.9 Å². The first-order valence-electron chi connectivity index (χ1n) is 8.40. The third-order valence-electron chi connectivity index (χ3n) is 4.26. The molecule has 1 amide bonds. The van der Waals surface area contributed by atoms with Gasteiger partial charge in [0, 0.05) is 13.1 Å². The fourth-order valence-corrected chi connectivity index (χ4v) is 2.99. The van der Waals surface area contributed by atoms with E-state index in [1.54, 1.807) is 15.8 Å². The highest BCUT2D eigenvalue weighted by atomic mass is 16.5. The molecule has 7 heteroatoms. The van der Waals surface area contributed by atoms with Crippen LogP contribution in [-0.4, -0.2) is 51.4 Å². The van der Waals surface area contributed by atoms with Gasteiger partial charge in [0.05, 0.1) is 24.4 Å². The lowest BCUT2D eigenvalue weighted by Crippen LogP contribution is -2.42. The Labute approximate surface area is 145 Å². The third kappa shape index (κ3) is 3.65. The fourth-order valence-electron chi connectivity index (χ4n) is 2.99. The average molecular weight is 343 g/mol. The quantitative estimate of drug-likeness (QED) is 0.900.